The minimum absolute atomic E-state index is 0.308. The molecule has 1 aromatic carbocycles. The van der Waals surface area contributed by atoms with Gasteiger partial charge in [0.1, 0.15) is 12.2 Å². The molecule has 17 heavy (non-hydrogen) atoms. The molecular weight excluding hydrogens is 234 g/mol. The second kappa shape index (κ2) is 5.38. The number of benzene rings is 1. The minimum atomic E-state index is -0.947. The lowest BCUT2D eigenvalue weighted by atomic mass is 10.1. The zero-order valence-corrected chi connectivity index (χ0v) is 9.25. The van der Waals surface area contributed by atoms with Crippen LogP contribution < -0.4 is 4.74 Å². The van der Waals surface area contributed by atoms with Crippen molar-refractivity contribution in [3.63, 3.8) is 0 Å². The molecule has 0 aliphatic carbocycles. The van der Waals surface area contributed by atoms with E-state index in [-0.39, 0.29) is 5.75 Å². The highest BCUT2D eigenvalue weighted by Gasteiger charge is 2.19. The summed E-state index contributed by atoms with van der Waals surface area (Å²) in [7, 11) is 2.27. The third-order valence-electron chi connectivity index (χ3n) is 2.07. The van der Waals surface area contributed by atoms with E-state index in [9.17, 15) is 18.4 Å². The van der Waals surface area contributed by atoms with Crippen molar-refractivity contribution in [2.45, 2.75) is 6.42 Å². The standard InChI is InChI=1S/C11H10F2O4/c1-16-10-4-7(12)6(3-8(10)13)9(14)5-11(15)17-2/h3-4H,5H2,1-2H3. The Labute approximate surface area is 96.1 Å². The Morgan fingerprint density at radius 3 is 2.35 bits per heavy atom. The first-order valence-electron chi connectivity index (χ1n) is 4.62. The van der Waals surface area contributed by atoms with Gasteiger partial charge in [-0.2, -0.15) is 0 Å². The van der Waals surface area contributed by atoms with E-state index in [1.165, 1.54) is 7.11 Å². The summed E-state index contributed by atoms with van der Waals surface area (Å²) >= 11 is 0. The molecule has 0 bridgehead atoms. The van der Waals surface area contributed by atoms with Gasteiger partial charge < -0.3 is 9.47 Å². The lowest BCUT2D eigenvalue weighted by Crippen LogP contribution is -2.11. The van der Waals surface area contributed by atoms with Crippen LogP contribution in [0.2, 0.25) is 0 Å². The number of esters is 1. The summed E-state index contributed by atoms with van der Waals surface area (Å²) in [4.78, 5) is 22.3. The number of methoxy groups -OCH3 is 2. The molecule has 92 valence electrons. The van der Waals surface area contributed by atoms with Gasteiger partial charge in [-0.1, -0.05) is 0 Å². The van der Waals surface area contributed by atoms with Crippen molar-refractivity contribution in [1.29, 1.82) is 0 Å². The molecule has 0 unspecified atom stereocenters. The SMILES string of the molecule is COC(=O)CC(=O)c1cc(F)c(OC)cc1F. The molecule has 0 heterocycles. The van der Waals surface area contributed by atoms with Gasteiger partial charge in [0.25, 0.3) is 0 Å². The Balaban J connectivity index is 3.02. The van der Waals surface area contributed by atoms with Gasteiger partial charge in [0.2, 0.25) is 0 Å². The largest absolute Gasteiger partial charge is 0.494 e. The first-order chi connectivity index (χ1) is 7.99. The summed E-state index contributed by atoms with van der Waals surface area (Å²) in [5, 5.41) is 0. The quantitative estimate of drug-likeness (QED) is 0.459. The second-order valence-corrected chi connectivity index (χ2v) is 3.14. The number of halogens is 2. The van der Waals surface area contributed by atoms with Crippen LogP contribution in [0.15, 0.2) is 12.1 Å². The van der Waals surface area contributed by atoms with Crippen molar-refractivity contribution in [3.05, 3.63) is 29.3 Å². The van der Waals surface area contributed by atoms with Crippen LogP contribution >= 0.6 is 0 Å². The Hall–Kier alpha value is -1.98. The van der Waals surface area contributed by atoms with Crippen molar-refractivity contribution < 1.29 is 27.8 Å². The van der Waals surface area contributed by atoms with Gasteiger partial charge >= 0.3 is 5.97 Å². The fourth-order valence-corrected chi connectivity index (χ4v) is 1.20. The summed E-state index contributed by atoms with van der Waals surface area (Å²) < 4.78 is 35.5. The molecule has 1 aromatic rings. The van der Waals surface area contributed by atoms with E-state index >= 15 is 0 Å². The second-order valence-electron chi connectivity index (χ2n) is 3.14. The van der Waals surface area contributed by atoms with Crippen LogP contribution in [-0.4, -0.2) is 26.0 Å². The van der Waals surface area contributed by atoms with Crippen LogP contribution in [-0.2, 0) is 9.53 Å². The molecule has 0 radical (unpaired) electrons. The highest BCUT2D eigenvalue weighted by molar-refractivity contribution is 6.06. The number of hydrogen-bond acceptors (Lipinski definition) is 4. The summed E-state index contributed by atoms with van der Waals surface area (Å²) in [6.45, 7) is 0. The predicted molar refractivity (Wildman–Crippen MR) is 53.9 cm³/mol. The van der Waals surface area contributed by atoms with Gasteiger partial charge in [0, 0.05) is 6.07 Å². The third-order valence-corrected chi connectivity index (χ3v) is 2.07. The summed E-state index contributed by atoms with van der Waals surface area (Å²) in [5.41, 5.74) is -0.506. The lowest BCUT2D eigenvalue weighted by molar-refractivity contribution is -0.139. The zero-order chi connectivity index (χ0) is 13.0. The fourth-order valence-electron chi connectivity index (χ4n) is 1.20. The fraction of sp³-hybridized carbons (Fsp3) is 0.273. The maximum atomic E-state index is 13.4. The van der Waals surface area contributed by atoms with Crippen molar-refractivity contribution in [2.24, 2.45) is 0 Å². The van der Waals surface area contributed by atoms with E-state index in [4.69, 9.17) is 0 Å². The first-order valence-corrected chi connectivity index (χ1v) is 4.62. The molecule has 0 saturated carbocycles. The van der Waals surface area contributed by atoms with E-state index in [1.54, 1.807) is 0 Å². The minimum Gasteiger partial charge on any atom is -0.494 e. The van der Waals surface area contributed by atoms with Crippen LogP contribution in [0, 0.1) is 11.6 Å². The Morgan fingerprint density at radius 1 is 1.18 bits per heavy atom. The van der Waals surface area contributed by atoms with E-state index in [0.29, 0.717) is 6.07 Å². The number of ether oxygens (including phenoxy) is 2. The molecule has 0 saturated heterocycles. The molecule has 0 aliphatic heterocycles. The molecule has 0 aromatic heterocycles. The Bertz CT molecular complexity index is 457. The molecule has 0 amide bonds. The lowest BCUT2D eigenvalue weighted by Gasteiger charge is -2.06. The smallest absolute Gasteiger partial charge is 0.313 e. The summed E-state index contributed by atoms with van der Waals surface area (Å²) in [6, 6.07) is 1.44. The average Bonchev–Trinajstić information content (AvgIpc) is 2.31. The van der Waals surface area contributed by atoms with Gasteiger partial charge in [0.05, 0.1) is 19.8 Å². The van der Waals surface area contributed by atoms with E-state index in [2.05, 4.69) is 9.47 Å². The molecule has 4 nitrogen and oxygen atoms in total. The highest BCUT2D eigenvalue weighted by atomic mass is 19.1. The Kier molecular flexibility index (Phi) is 4.14. The summed E-state index contributed by atoms with van der Waals surface area (Å²) in [5.74, 6) is -3.79. The molecule has 0 aliphatic rings. The summed E-state index contributed by atoms with van der Waals surface area (Å²) in [6.07, 6.45) is -0.640. The molecule has 6 heteroatoms. The van der Waals surface area contributed by atoms with E-state index in [1.807, 2.05) is 0 Å². The molecule has 1 rings (SSSR count). The zero-order valence-electron chi connectivity index (χ0n) is 9.25. The van der Waals surface area contributed by atoms with Crippen LogP contribution in [0.5, 0.6) is 5.75 Å². The number of carbonyl (C=O) groups is 2. The third kappa shape index (κ3) is 2.99. The number of Topliss-reactive ketones (excluding diaryl/α,β-unsaturated/α-hetero) is 1. The van der Waals surface area contributed by atoms with Crippen molar-refractivity contribution in [1.82, 2.24) is 0 Å². The van der Waals surface area contributed by atoms with Gasteiger partial charge in [-0.3, -0.25) is 9.59 Å². The average molecular weight is 244 g/mol. The molecule has 0 atom stereocenters. The van der Waals surface area contributed by atoms with Crippen LogP contribution in [0.3, 0.4) is 0 Å². The van der Waals surface area contributed by atoms with Gasteiger partial charge in [0.15, 0.2) is 17.3 Å². The maximum absolute atomic E-state index is 13.4. The van der Waals surface area contributed by atoms with Gasteiger partial charge in [-0.05, 0) is 6.07 Å². The van der Waals surface area contributed by atoms with E-state index in [0.717, 1.165) is 13.2 Å². The van der Waals surface area contributed by atoms with Crippen LogP contribution in [0.25, 0.3) is 0 Å². The van der Waals surface area contributed by atoms with E-state index < -0.39 is 35.4 Å². The van der Waals surface area contributed by atoms with Crippen LogP contribution in [0.1, 0.15) is 16.8 Å². The topological polar surface area (TPSA) is 52.6 Å². The van der Waals surface area contributed by atoms with Crippen LogP contribution in [0.4, 0.5) is 8.78 Å². The normalized spacial score (nSPS) is 9.88. The van der Waals surface area contributed by atoms with Gasteiger partial charge in [-0.25, -0.2) is 8.78 Å². The first kappa shape index (κ1) is 13.1. The Morgan fingerprint density at radius 2 is 1.82 bits per heavy atom. The highest BCUT2D eigenvalue weighted by Crippen LogP contribution is 2.22. The predicted octanol–water partition coefficient (Wildman–Crippen LogP) is 1.72. The molecule has 0 fully saturated rings. The number of hydrogen-bond donors (Lipinski definition) is 0. The molecular formula is C11H10F2O4. The van der Waals surface area contributed by atoms with Gasteiger partial charge in [-0.15, -0.1) is 0 Å². The number of rotatable bonds is 4. The molecule has 0 spiro atoms. The van der Waals surface area contributed by atoms with Crippen molar-refractivity contribution >= 4 is 11.8 Å². The number of ketones is 1. The van der Waals surface area contributed by atoms with Crippen molar-refractivity contribution in [3.8, 4) is 5.75 Å². The number of carbonyl (C=O) groups excluding carboxylic acids is 2. The monoisotopic (exact) mass is 244 g/mol. The molecule has 0 N–H and O–H groups in total. The maximum Gasteiger partial charge on any atom is 0.313 e. The van der Waals surface area contributed by atoms with Crippen molar-refractivity contribution in [2.75, 3.05) is 14.2 Å².